The van der Waals surface area contributed by atoms with Gasteiger partial charge in [-0.15, -0.1) is 11.3 Å². The molecule has 1 fully saturated rings. The predicted octanol–water partition coefficient (Wildman–Crippen LogP) is 5.49. The number of rotatable bonds is 8. The second kappa shape index (κ2) is 9.44. The number of aliphatic hydroxyl groups is 1. The molecule has 8 heteroatoms. The number of alkyl halides is 1. The smallest absolute Gasteiger partial charge is 0.345 e. The van der Waals surface area contributed by atoms with E-state index in [-0.39, 0.29) is 24.9 Å². The molecule has 1 saturated carbocycles. The van der Waals surface area contributed by atoms with E-state index in [9.17, 15) is 14.3 Å². The van der Waals surface area contributed by atoms with Crippen molar-refractivity contribution < 1.29 is 24.1 Å². The number of aliphatic hydroxyl groups excluding tert-OH is 1. The number of carboxylic acids is 1. The molecular weight excluding hydrogens is 426 g/mol. The minimum atomic E-state index is -1.08. The number of aromatic carboxylic acids is 1. The summed E-state index contributed by atoms with van der Waals surface area (Å²) in [6.45, 7) is 0.186. The van der Waals surface area contributed by atoms with Gasteiger partial charge in [-0.1, -0.05) is 23.2 Å². The van der Waals surface area contributed by atoms with Crippen LogP contribution in [0.4, 0.5) is 4.39 Å². The van der Waals surface area contributed by atoms with Crippen LogP contribution in [0.1, 0.15) is 33.8 Å². The minimum absolute atomic E-state index is 0.108. The van der Waals surface area contributed by atoms with Gasteiger partial charge in [-0.2, -0.15) is 0 Å². The molecule has 0 radical (unpaired) electrons. The fourth-order valence-corrected chi connectivity index (χ4v) is 5.10. The standard InChI is InChI=1S/C20H21Cl2FO4S/c21-11-6-12(22)8-13(7-11)27-10-16-15(17(23)9-18(16)24)3-1-2-14-4-5-19(28-14)20(25)26/h4-8,15-18,24H,1-3,9-10H2,(H,25,26)/t15-,16-,17+,18-/m1/s1. The van der Waals surface area contributed by atoms with E-state index in [1.54, 1.807) is 30.3 Å². The highest BCUT2D eigenvalue weighted by molar-refractivity contribution is 7.13. The van der Waals surface area contributed by atoms with Crippen LogP contribution in [0.3, 0.4) is 0 Å². The van der Waals surface area contributed by atoms with E-state index in [1.165, 1.54) is 11.3 Å². The Kier molecular flexibility index (Phi) is 7.20. The van der Waals surface area contributed by atoms with Gasteiger partial charge in [-0.3, -0.25) is 0 Å². The van der Waals surface area contributed by atoms with Gasteiger partial charge in [0.15, 0.2) is 0 Å². The summed E-state index contributed by atoms with van der Waals surface area (Å²) in [7, 11) is 0. The highest BCUT2D eigenvalue weighted by Gasteiger charge is 2.42. The molecule has 4 atom stereocenters. The SMILES string of the molecule is O=C(O)c1ccc(CCC[C@@H]2[C@@H](COc3cc(Cl)cc(Cl)c3)[C@H](O)C[C@@H]2F)s1. The molecule has 152 valence electrons. The van der Waals surface area contributed by atoms with Gasteiger partial charge in [0.1, 0.15) is 16.8 Å². The van der Waals surface area contributed by atoms with Crippen molar-refractivity contribution in [1.29, 1.82) is 0 Å². The van der Waals surface area contributed by atoms with Gasteiger partial charge in [0.25, 0.3) is 0 Å². The Labute approximate surface area is 176 Å². The summed E-state index contributed by atoms with van der Waals surface area (Å²) >= 11 is 13.2. The molecule has 0 amide bonds. The van der Waals surface area contributed by atoms with Crippen LogP contribution in [0, 0.1) is 11.8 Å². The van der Waals surface area contributed by atoms with Gasteiger partial charge in [0.05, 0.1) is 12.7 Å². The summed E-state index contributed by atoms with van der Waals surface area (Å²) in [5.74, 6) is -1.06. The van der Waals surface area contributed by atoms with E-state index in [1.807, 2.05) is 0 Å². The third kappa shape index (κ3) is 5.38. The van der Waals surface area contributed by atoms with Crippen LogP contribution in [-0.2, 0) is 6.42 Å². The molecule has 2 N–H and O–H groups in total. The predicted molar refractivity (Wildman–Crippen MR) is 109 cm³/mol. The van der Waals surface area contributed by atoms with Crippen molar-refractivity contribution in [1.82, 2.24) is 0 Å². The summed E-state index contributed by atoms with van der Waals surface area (Å²) < 4.78 is 20.2. The van der Waals surface area contributed by atoms with E-state index in [2.05, 4.69) is 0 Å². The zero-order chi connectivity index (χ0) is 20.3. The maximum Gasteiger partial charge on any atom is 0.345 e. The van der Waals surface area contributed by atoms with Crippen LogP contribution in [-0.4, -0.2) is 35.1 Å². The molecule has 1 aromatic heterocycles. The van der Waals surface area contributed by atoms with Crippen LogP contribution in [0.5, 0.6) is 5.75 Å². The van der Waals surface area contributed by atoms with Crippen molar-refractivity contribution in [2.75, 3.05) is 6.61 Å². The first-order valence-electron chi connectivity index (χ1n) is 9.06. The summed E-state index contributed by atoms with van der Waals surface area (Å²) in [5.41, 5.74) is 0. The molecule has 1 heterocycles. The molecule has 1 aliphatic carbocycles. The van der Waals surface area contributed by atoms with Gasteiger partial charge in [0.2, 0.25) is 0 Å². The first-order chi connectivity index (χ1) is 13.3. The van der Waals surface area contributed by atoms with Crippen molar-refractivity contribution in [3.05, 3.63) is 50.1 Å². The van der Waals surface area contributed by atoms with Crippen LogP contribution in [0.2, 0.25) is 10.0 Å². The van der Waals surface area contributed by atoms with Crippen molar-refractivity contribution in [3.63, 3.8) is 0 Å². The van der Waals surface area contributed by atoms with Crippen LogP contribution in [0.15, 0.2) is 30.3 Å². The number of thiophene rings is 1. The lowest BCUT2D eigenvalue weighted by molar-refractivity contribution is 0.0701. The molecular formula is C20H21Cl2FO4S. The summed E-state index contributed by atoms with van der Waals surface area (Å²) in [6.07, 6.45) is 0.283. The van der Waals surface area contributed by atoms with Gasteiger partial charge >= 0.3 is 5.97 Å². The molecule has 0 aliphatic heterocycles. The summed E-state index contributed by atoms with van der Waals surface area (Å²) in [5, 5.41) is 20.1. The maximum absolute atomic E-state index is 14.4. The largest absolute Gasteiger partial charge is 0.493 e. The zero-order valence-electron chi connectivity index (χ0n) is 15.0. The molecule has 3 rings (SSSR count). The lowest BCUT2D eigenvalue weighted by Crippen LogP contribution is -2.27. The number of carboxylic acid groups (broad SMARTS) is 1. The van der Waals surface area contributed by atoms with E-state index >= 15 is 0 Å². The van der Waals surface area contributed by atoms with E-state index in [4.69, 9.17) is 33.0 Å². The molecule has 0 unspecified atom stereocenters. The Bertz CT molecular complexity index is 808. The third-order valence-electron chi connectivity index (χ3n) is 5.09. The highest BCUT2D eigenvalue weighted by atomic mass is 35.5. The summed E-state index contributed by atoms with van der Waals surface area (Å²) in [4.78, 5) is 12.2. The molecule has 0 saturated heterocycles. The Morgan fingerprint density at radius 3 is 2.57 bits per heavy atom. The Morgan fingerprint density at radius 2 is 1.93 bits per heavy atom. The van der Waals surface area contributed by atoms with Crippen LogP contribution in [0.25, 0.3) is 0 Å². The number of hydrogen-bond donors (Lipinski definition) is 2. The van der Waals surface area contributed by atoms with E-state index in [0.29, 0.717) is 33.5 Å². The molecule has 1 aromatic carbocycles. The van der Waals surface area contributed by atoms with E-state index < -0.39 is 18.2 Å². The van der Waals surface area contributed by atoms with Crippen molar-refractivity contribution in [2.45, 2.75) is 38.0 Å². The molecule has 0 spiro atoms. The Balaban J connectivity index is 1.56. The molecule has 1 aliphatic rings. The first kappa shape index (κ1) is 21.4. The lowest BCUT2D eigenvalue weighted by Gasteiger charge is -2.23. The fourth-order valence-electron chi connectivity index (χ4n) is 3.71. The van der Waals surface area contributed by atoms with Gasteiger partial charge in [-0.25, -0.2) is 9.18 Å². The number of benzene rings is 1. The van der Waals surface area contributed by atoms with Crippen molar-refractivity contribution in [2.24, 2.45) is 11.8 Å². The zero-order valence-corrected chi connectivity index (χ0v) is 17.3. The Hall–Kier alpha value is -1.34. The molecule has 4 nitrogen and oxygen atoms in total. The quantitative estimate of drug-likeness (QED) is 0.562. The first-order valence-corrected chi connectivity index (χ1v) is 10.6. The molecule has 28 heavy (non-hydrogen) atoms. The lowest BCUT2D eigenvalue weighted by atomic mass is 9.90. The average molecular weight is 447 g/mol. The number of halogens is 3. The molecule has 2 aromatic rings. The maximum atomic E-state index is 14.4. The Morgan fingerprint density at radius 1 is 1.21 bits per heavy atom. The van der Waals surface area contributed by atoms with Crippen LogP contribution >= 0.6 is 34.5 Å². The highest BCUT2D eigenvalue weighted by Crippen LogP contribution is 2.39. The van der Waals surface area contributed by atoms with Gasteiger partial charge < -0.3 is 14.9 Å². The van der Waals surface area contributed by atoms with Gasteiger partial charge in [0, 0.05) is 27.3 Å². The van der Waals surface area contributed by atoms with Crippen molar-refractivity contribution in [3.8, 4) is 5.75 Å². The number of ether oxygens (including phenoxy) is 1. The average Bonchev–Trinajstić information content (AvgIpc) is 3.18. The molecule has 0 bridgehead atoms. The summed E-state index contributed by atoms with van der Waals surface area (Å²) in [6, 6.07) is 8.25. The van der Waals surface area contributed by atoms with Gasteiger partial charge in [-0.05, 0) is 55.5 Å². The topological polar surface area (TPSA) is 66.8 Å². The number of hydrogen-bond acceptors (Lipinski definition) is 4. The van der Waals surface area contributed by atoms with E-state index in [0.717, 1.165) is 11.3 Å². The normalized spacial score (nSPS) is 24.4. The number of carbonyl (C=O) groups is 1. The minimum Gasteiger partial charge on any atom is -0.493 e. The fraction of sp³-hybridized carbons (Fsp3) is 0.450. The number of aryl methyl sites for hydroxylation is 1. The monoisotopic (exact) mass is 446 g/mol. The van der Waals surface area contributed by atoms with Crippen molar-refractivity contribution >= 4 is 40.5 Å². The third-order valence-corrected chi connectivity index (χ3v) is 6.66. The second-order valence-corrected chi connectivity index (χ2v) is 9.07. The van der Waals surface area contributed by atoms with Crippen LogP contribution < -0.4 is 4.74 Å². The second-order valence-electron chi connectivity index (χ2n) is 7.03.